The van der Waals surface area contributed by atoms with E-state index >= 15 is 0 Å². The predicted octanol–water partition coefficient (Wildman–Crippen LogP) is 3.17. The Kier molecular flexibility index (Phi) is 4.03. The van der Waals surface area contributed by atoms with E-state index in [-0.39, 0.29) is 5.91 Å². The molecule has 0 aliphatic heterocycles. The standard InChI is InChI=1S/C12H9ClIN3O/c13-9-5-7(14)1-3-10(9)17-12(18)11-4-2-8(15)6-16-11/h1-6H,15H2,(H,17,18). The molecular weight excluding hydrogens is 365 g/mol. The number of rotatable bonds is 2. The Morgan fingerprint density at radius 2 is 2.11 bits per heavy atom. The molecule has 0 atom stereocenters. The first kappa shape index (κ1) is 13.1. The van der Waals surface area contributed by atoms with Crippen molar-refractivity contribution in [3.63, 3.8) is 0 Å². The fourth-order valence-corrected chi connectivity index (χ4v) is 2.22. The van der Waals surface area contributed by atoms with Gasteiger partial charge in [-0.1, -0.05) is 11.6 Å². The molecule has 1 aromatic heterocycles. The number of nitrogens with zero attached hydrogens (tertiary/aromatic N) is 1. The molecule has 1 heterocycles. The minimum Gasteiger partial charge on any atom is -0.397 e. The van der Waals surface area contributed by atoms with Gasteiger partial charge in [0.15, 0.2) is 0 Å². The molecule has 1 amide bonds. The summed E-state index contributed by atoms with van der Waals surface area (Å²) < 4.78 is 1.00. The highest BCUT2D eigenvalue weighted by Gasteiger charge is 2.09. The number of carbonyl (C=O) groups excluding carboxylic acids is 1. The first-order valence-corrected chi connectivity index (χ1v) is 6.50. The number of nitrogen functional groups attached to an aromatic ring is 1. The van der Waals surface area contributed by atoms with Crippen molar-refractivity contribution in [2.45, 2.75) is 0 Å². The molecule has 0 fully saturated rings. The summed E-state index contributed by atoms with van der Waals surface area (Å²) in [7, 11) is 0. The molecule has 0 saturated heterocycles. The molecule has 0 unspecified atom stereocenters. The van der Waals surface area contributed by atoms with E-state index in [4.69, 9.17) is 17.3 Å². The smallest absolute Gasteiger partial charge is 0.274 e. The van der Waals surface area contributed by atoms with Crippen LogP contribution in [0.3, 0.4) is 0 Å². The average molecular weight is 374 g/mol. The summed E-state index contributed by atoms with van der Waals surface area (Å²) in [6.07, 6.45) is 1.43. The number of halogens is 2. The van der Waals surface area contributed by atoms with Crippen molar-refractivity contribution in [3.8, 4) is 0 Å². The van der Waals surface area contributed by atoms with Crippen LogP contribution in [0.4, 0.5) is 11.4 Å². The van der Waals surface area contributed by atoms with Crippen LogP contribution in [0, 0.1) is 3.57 Å². The van der Waals surface area contributed by atoms with Crippen LogP contribution in [0.25, 0.3) is 0 Å². The third-order valence-corrected chi connectivity index (χ3v) is 3.18. The number of hydrogen-bond acceptors (Lipinski definition) is 3. The van der Waals surface area contributed by atoms with Gasteiger partial charge in [-0.25, -0.2) is 4.98 Å². The normalized spacial score (nSPS) is 10.1. The van der Waals surface area contributed by atoms with Crippen LogP contribution in [0.5, 0.6) is 0 Å². The summed E-state index contributed by atoms with van der Waals surface area (Å²) in [5.41, 5.74) is 6.86. The van der Waals surface area contributed by atoms with E-state index < -0.39 is 0 Å². The minimum absolute atomic E-state index is 0.291. The van der Waals surface area contributed by atoms with Crippen molar-refractivity contribution in [1.29, 1.82) is 0 Å². The van der Waals surface area contributed by atoms with Crippen LogP contribution in [0.2, 0.25) is 5.02 Å². The van der Waals surface area contributed by atoms with Gasteiger partial charge in [0.25, 0.3) is 5.91 Å². The Morgan fingerprint density at radius 1 is 1.33 bits per heavy atom. The lowest BCUT2D eigenvalue weighted by atomic mass is 10.3. The molecule has 3 N–H and O–H groups in total. The predicted molar refractivity (Wildman–Crippen MR) is 80.8 cm³/mol. The van der Waals surface area contributed by atoms with E-state index in [1.54, 1.807) is 24.3 Å². The molecule has 0 aliphatic rings. The number of anilines is 2. The first-order valence-electron chi connectivity index (χ1n) is 5.04. The molecule has 0 radical (unpaired) electrons. The van der Waals surface area contributed by atoms with Gasteiger partial charge in [0, 0.05) is 3.57 Å². The van der Waals surface area contributed by atoms with Crippen molar-refractivity contribution < 1.29 is 4.79 Å². The quantitative estimate of drug-likeness (QED) is 0.795. The van der Waals surface area contributed by atoms with Crippen molar-refractivity contribution in [2.75, 3.05) is 11.1 Å². The molecule has 1 aromatic carbocycles. The molecule has 4 nitrogen and oxygen atoms in total. The van der Waals surface area contributed by atoms with E-state index in [0.717, 1.165) is 3.57 Å². The van der Waals surface area contributed by atoms with Crippen LogP contribution >= 0.6 is 34.2 Å². The maximum absolute atomic E-state index is 11.9. The van der Waals surface area contributed by atoms with Crippen LogP contribution in [-0.2, 0) is 0 Å². The van der Waals surface area contributed by atoms with Gasteiger partial charge in [-0.05, 0) is 52.9 Å². The van der Waals surface area contributed by atoms with Crippen molar-refractivity contribution >= 4 is 51.5 Å². The highest BCUT2D eigenvalue weighted by molar-refractivity contribution is 14.1. The Labute approximate surface area is 123 Å². The number of carbonyl (C=O) groups is 1. The molecule has 92 valence electrons. The Morgan fingerprint density at radius 3 is 2.72 bits per heavy atom. The van der Waals surface area contributed by atoms with Crippen molar-refractivity contribution in [2.24, 2.45) is 0 Å². The summed E-state index contributed by atoms with van der Waals surface area (Å²) in [6, 6.07) is 8.56. The Balaban J connectivity index is 2.18. The molecular formula is C12H9ClIN3O. The second kappa shape index (κ2) is 5.53. The molecule has 2 aromatic rings. The van der Waals surface area contributed by atoms with E-state index in [0.29, 0.717) is 22.1 Å². The highest BCUT2D eigenvalue weighted by atomic mass is 127. The zero-order valence-electron chi connectivity index (χ0n) is 9.15. The fraction of sp³-hybridized carbons (Fsp3) is 0. The monoisotopic (exact) mass is 373 g/mol. The maximum atomic E-state index is 11.9. The van der Waals surface area contributed by atoms with Gasteiger partial charge in [-0.2, -0.15) is 0 Å². The summed E-state index contributed by atoms with van der Waals surface area (Å²) in [5, 5.41) is 3.19. The molecule has 2 rings (SSSR count). The third kappa shape index (κ3) is 3.11. The van der Waals surface area contributed by atoms with Gasteiger partial charge in [-0.15, -0.1) is 0 Å². The number of pyridine rings is 1. The third-order valence-electron chi connectivity index (χ3n) is 2.20. The largest absolute Gasteiger partial charge is 0.397 e. The van der Waals surface area contributed by atoms with Gasteiger partial charge < -0.3 is 11.1 Å². The number of amides is 1. The van der Waals surface area contributed by atoms with E-state index in [9.17, 15) is 4.79 Å². The second-order valence-corrected chi connectivity index (χ2v) is 5.21. The number of benzene rings is 1. The maximum Gasteiger partial charge on any atom is 0.274 e. The average Bonchev–Trinajstić information content (AvgIpc) is 2.33. The zero-order chi connectivity index (χ0) is 13.1. The number of nitrogens with one attached hydrogen (secondary N) is 1. The SMILES string of the molecule is Nc1ccc(C(=O)Nc2ccc(I)cc2Cl)nc1. The van der Waals surface area contributed by atoms with Crippen molar-refractivity contribution in [3.05, 3.63) is 50.8 Å². The molecule has 18 heavy (non-hydrogen) atoms. The van der Waals surface area contributed by atoms with Crippen LogP contribution < -0.4 is 11.1 Å². The number of nitrogens with two attached hydrogens (primary N) is 1. The Hall–Kier alpha value is -1.34. The second-order valence-electron chi connectivity index (χ2n) is 3.56. The molecule has 0 saturated carbocycles. The Bertz CT molecular complexity index is 586. The lowest BCUT2D eigenvalue weighted by Crippen LogP contribution is -2.14. The summed E-state index contributed by atoms with van der Waals surface area (Å²) in [4.78, 5) is 15.8. The summed E-state index contributed by atoms with van der Waals surface area (Å²) in [5.74, 6) is -0.321. The summed E-state index contributed by atoms with van der Waals surface area (Å²) in [6.45, 7) is 0. The summed E-state index contributed by atoms with van der Waals surface area (Å²) >= 11 is 8.17. The van der Waals surface area contributed by atoms with E-state index in [1.165, 1.54) is 6.20 Å². The minimum atomic E-state index is -0.321. The number of hydrogen-bond donors (Lipinski definition) is 2. The van der Waals surface area contributed by atoms with Gasteiger partial charge in [0.05, 0.1) is 22.6 Å². The van der Waals surface area contributed by atoms with Gasteiger partial charge in [-0.3, -0.25) is 4.79 Å². The van der Waals surface area contributed by atoms with Gasteiger partial charge in [0.2, 0.25) is 0 Å². The lowest BCUT2D eigenvalue weighted by molar-refractivity contribution is 0.102. The van der Waals surface area contributed by atoms with Crippen molar-refractivity contribution in [1.82, 2.24) is 4.98 Å². The van der Waals surface area contributed by atoms with E-state index in [1.807, 2.05) is 6.07 Å². The fourth-order valence-electron chi connectivity index (χ4n) is 1.32. The topological polar surface area (TPSA) is 68.0 Å². The molecule has 0 spiro atoms. The van der Waals surface area contributed by atoms with Crippen LogP contribution in [0.1, 0.15) is 10.5 Å². The van der Waals surface area contributed by atoms with Crippen LogP contribution in [0.15, 0.2) is 36.5 Å². The van der Waals surface area contributed by atoms with Gasteiger partial charge >= 0.3 is 0 Å². The molecule has 0 bridgehead atoms. The van der Waals surface area contributed by atoms with Crippen LogP contribution in [-0.4, -0.2) is 10.9 Å². The molecule has 6 heteroatoms. The van der Waals surface area contributed by atoms with E-state index in [2.05, 4.69) is 32.9 Å². The van der Waals surface area contributed by atoms with Gasteiger partial charge in [0.1, 0.15) is 5.69 Å². The first-order chi connectivity index (χ1) is 8.56. The molecule has 0 aliphatic carbocycles. The highest BCUT2D eigenvalue weighted by Crippen LogP contribution is 2.24. The zero-order valence-corrected chi connectivity index (χ0v) is 12.1. The number of aromatic nitrogens is 1. The lowest BCUT2D eigenvalue weighted by Gasteiger charge is -2.07.